The zero-order valence-corrected chi connectivity index (χ0v) is 16.1. The molecular weight excluding hydrogens is 336 g/mol. The van der Waals surface area contributed by atoms with E-state index in [1.807, 2.05) is 18.2 Å². The second-order valence-corrected chi connectivity index (χ2v) is 7.59. The number of amides is 1. The van der Waals surface area contributed by atoms with Crippen molar-refractivity contribution in [2.75, 3.05) is 26.5 Å². The van der Waals surface area contributed by atoms with E-state index in [2.05, 4.69) is 5.32 Å². The quantitative estimate of drug-likeness (QED) is 0.657. The minimum absolute atomic E-state index is 0.0917. The summed E-state index contributed by atoms with van der Waals surface area (Å²) in [5, 5.41) is 3.14. The molecule has 1 amide bonds. The number of benzene rings is 1. The largest absolute Gasteiger partial charge is 0.493 e. The van der Waals surface area contributed by atoms with Crippen LogP contribution >= 0.6 is 11.8 Å². The molecule has 140 valence electrons. The molecule has 1 fully saturated rings. The van der Waals surface area contributed by atoms with Crippen LogP contribution in [0.2, 0.25) is 0 Å². The lowest BCUT2D eigenvalue weighted by Gasteiger charge is -2.30. The number of carbonyl (C=O) groups is 1. The van der Waals surface area contributed by atoms with Gasteiger partial charge in [0, 0.05) is 29.7 Å². The van der Waals surface area contributed by atoms with Crippen molar-refractivity contribution >= 4 is 17.7 Å². The van der Waals surface area contributed by atoms with Crippen molar-refractivity contribution in [2.24, 2.45) is 11.7 Å². The molecule has 1 aromatic carbocycles. The summed E-state index contributed by atoms with van der Waals surface area (Å²) in [5.74, 6) is 2.78. The molecule has 0 aliphatic heterocycles. The number of hydrogen-bond acceptors (Lipinski definition) is 5. The summed E-state index contributed by atoms with van der Waals surface area (Å²) in [4.78, 5) is 13.3. The van der Waals surface area contributed by atoms with Gasteiger partial charge in [0.2, 0.25) is 5.91 Å². The van der Waals surface area contributed by atoms with Crippen LogP contribution in [0.25, 0.3) is 0 Å². The molecule has 1 atom stereocenters. The summed E-state index contributed by atoms with van der Waals surface area (Å²) in [7, 11) is 3.24. The maximum Gasteiger partial charge on any atom is 0.221 e. The van der Waals surface area contributed by atoms with Crippen LogP contribution in [0.1, 0.15) is 38.5 Å². The minimum Gasteiger partial charge on any atom is -0.493 e. The summed E-state index contributed by atoms with van der Waals surface area (Å²) in [6, 6.07) is 5.93. The standard InChI is InChI=1S/C19H30N2O3S/c1-23-17-9-8-15(12-18(17)24-2)25-11-10-19(22)21-16(13-20)14-6-4-3-5-7-14/h8-9,12,14,16H,3-7,10-11,13,20H2,1-2H3,(H,21,22). The van der Waals surface area contributed by atoms with Crippen molar-refractivity contribution in [3.63, 3.8) is 0 Å². The summed E-state index contributed by atoms with van der Waals surface area (Å²) < 4.78 is 10.5. The molecule has 0 spiro atoms. The molecule has 0 aromatic heterocycles. The SMILES string of the molecule is COc1ccc(SCCC(=O)NC(CN)C2CCCCC2)cc1OC. The number of hydrogen-bond donors (Lipinski definition) is 2. The number of nitrogens with one attached hydrogen (secondary N) is 1. The summed E-state index contributed by atoms with van der Waals surface area (Å²) in [5.41, 5.74) is 5.89. The molecule has 0 saturated heterocycles. The van der Waals surface area contributed by atoms with E-state index in [1.165, 1.54) is 32.1 Å². The number of nitrogens with two attached hydrogens (primary N) is 1. The van der Waals surface area contributed by atoms with Gasteiger partial charge in [-0.05, 0) is 37.0 Å². The molecular formula is C19H30N2O3S. The Morgan fingerprint density at radius 1 is 1.24 bits per heavy atom. The van der Waals surface area contributed by atoms with Crippen molar-refractivity contribution in [3.05, 3.63) is 18.2 Å². The van der Waals surface area contributed by atoms with Crippen molar-refractivity contribution in [3.8, 4) is 11.5 Å². The van der Waals surface area contributed by atoms with Gasteiger partial charge in [0.1, 0.15) is 0 Å². The Hall–Kier alpha value is -1.40. The fourth-order valence-electron chi connectivity index (χ4n) is 3.35. The molecule has 0 bridgehead atoms. The molecule has 6 heteroatoms. The van der Waals surface area contributed by atoms with Crippen LogP contribution in [0.4, 0.5) is 0 Å². The van der Waals surface area contributed by atoms with Crippen LogP contribution < -0.4 is 20.5 Å². The van der Waals surface area contributed by atoms with E-state index >= 15 is 0 Å². The predicted molar refractivity (Wildman–Crippen MR) is 102 cm³/mol. The molecule has 1 unspecified atom stereocenters. The van der Waals surface area contributed by atoms with Gasteiger partial charge in [0.25, 0.3) is 0 Å². The van der Waals surface area contributed by atoms with Crippen LogP contribution in [0.5, 0.6) is 11.5 Å². The van der Waals surface area contributed by atoms with Crippen LogP contribution in [-0.4, -0.2) is 38.5 Å². The van der Waals surface area contributed by atoms with Crippen LogP contribution in [0.3, 0.4) is 0 Å². The lowest BCUT2D eigenvalue weighted by Crippen LogP contribution is -2.46. The van der Waals surface area contributed by atoms with E-state index in [9.17, 15) is 4.79 Å². The van der Waals surface area contributed by atoms with Crippen LogP contribution in [-0.2, 0) is 4.79 Å². The van der Waals surface area contributed by atoms with Gasteiger partial charge in [-0.2, -0.15) is 0 Å². The number of thioether (sulfide) groups is 1. The fraction of sp³-hybridized carbons (Fsp3) is 0.632. The summed E-state index contributed by atoms with van der Waals surface area (Å²) in [6.07, 6.45) is 6.68. The van der Waals surface area contributed by atoms with Gasteiger partial charge >= 0.3 is 0 Å². The van der Waals surface area contributed by atoms with E-state index in [1.54, 1.807) is 26.0 Å². The molecule has 1 aromatic rings. The third-order valence-electron chi connectivity index (χ3n) is 4.77. The molecule has 1 aliphatic carbocycles. The molecule has 1 saturated carbocycles. The Labute approximate surface area is 155 Å². The highest BCUT2D eigenvalue weighted by atomic mass is 32.2. The van der Waals surface area contributed by atoms with Crippen LogP contribution in [0.15, 0.2) is 23.1 Å². The lowest BCUT2D eigenvalue weighted by atomic mass is 9.84. The van der Waals surface area contributed by atoms with Crippen LogP contribution in [0, 0.1) is 5.92 Å². The van der Waals surface area contributed by atoms with Gasteiger partial charge in [0.05, 0.1) is 14.2 Å². The second kappa shape index (κ2) is 10.6. The maximum atomic E-state index is 12.2. The van der Waals surface area contributed by atoms with Gasteiger partial charge < -0.3 is 20.5 Å². The zero-order chi connectivity index (χ0) is 18.1. The first-order chi connectivity index (χ1) is 12.2. The lowest BCUT2D eigenvalue weighted by molar-refractivity contribution is -0.121. The van der Waals surface area contributed by atoms with E-state index in [0.717, 1.165) is 10.6 Å². The highest BCUT2D eigenvalue weighted by Gasteiger charge is 2.23. The first-order valence-electron chi connectivity index (χ1n) is 9.02. The first-order valence-corrected chi connectivity index (χ1v) is 10.0. The summed E-state index contributed by atoms with van der Waals surface area (Å²) in [6.45, 7) is 0.527. The molecule has 25 heavy (non-hydrogen) atoms. The monoisotopic (exact) mass is 366 g/mol. The van der Waals surface area contributed by atoms with E-state index in [0.29, 0.717) is 30.4 Å². The Morgan fingerprint density at radius 2 is 1.96 bits per heavy atom. The molecule has 3 N–H and O–H groups in total. The average molecular weight is 367 g/mol. The zero-order valence-electron chi connectivity index (χ0n) is 15.3. The third kappa shape index (κ3) is 6.12. The minimum atomic E-state index is 0.0917. The number of ether oxygens (including phenoxy) is 2. The molecule has 1 aliphatic rings. The molecule has 5 nitrogen and oxygen atoms in total. The Balaban J connectivity index is 1.77. The third-order valence-corrected chi connectivity index (χ3v) is 5.77. The second-order valence-electron chi connectivity index (χ2n) is 6.42. The maximum absolute atomic E-state index is 12.2. The Bertz CT molecular complexity index is 547. The number of methoxy groups -OCH3 is 2. The normalized spacial score (nSPS) is 16.3. The predicted octanol–water partition coefficient (Wildman–Crippen LogP) is 3.21. The van der Waals surface area contributed by atoms with Gasteiger partial charge in [0.15, 0.2) is 11.5 Å². The van der Waals surface area contributed by atoms with Crippen molar-refractivity contribution in [1.82, 2.24) is 5.32 Å². The molecule has 2 rings (SSSR count). The molecule has 0 radical (unpaired) electrons. The van der Waals surface area contributed by atoms with Crippen molar-refractivity contribution < 1.29 is 14.3 Å². The topological polar surface area (TPSA) is 73.6 Å². The van der Waals surface area contributed by atoms with E-state index < -0.39 is 0 Å². The molecule has 0 heterocycles. The highest BCUT2D eigenvalue weighted by molar-refractivity contribution is 7.99. The average Bonchev–Trinajstić information content (AvgIpc) is 2.66. The smallest absolute Gasteiger partial charge is 0.221 e. The van der Waals surface area contributed by atoms with Gasteiger partial charge in [-0.15, -0.1) is 11.8 Å². The number of carbonyl (C=O) groups excluding carboxylic acids is 1. The highest BCUT2D eigenvalue weighted by Crippen LogP contribution is 2.32. The van der Waals surface area contributed by atoms with Crippen molar-refractivity contribution in [1.29, 1.82) is 0 Å². The van der Waals surface area contributed by atoms with Crippen molar-refractivity contribution in [2.45, 2.75) is 49.5 Å². The number of rotatable bonds is 9. The van der Waals surface area contributed by atoms with Gasteiger partial charge in [-0.25, -0.2) is 0 Å². The van der Waals surface area contributed by atoms with Gasteiger partial charge in [-0.3, -0.25) is 4.79 Å². The fourth-order valence-corrected chi connectivity index (χ4v) is 4.23. The first kappa shape index (κ1) is 19.9. The Morgan fingerprint density at radius 3 is 2.60 bits per heavy atom. The van der Waals surface area contributed by atoms with Gasteiger partial charge in [-0.1, -0.05) is 19.3 Å². The Kier molecular flexibility index (Phi) is 8.41. The summed E-state index contributed by atoms with van der Waals surface area (Å²) >= 11 is 1.64. The van der Waals surface area contributed by atoms with E-state index in [-0.39, 0.29) is 11.9 Å². The van der Waals surface area contributed by atoms with E-state index in [4.69, 9.17) is 15.2 Å².